The molecule has 7 nitrogen and oxygen atoms in total. The molecular formula is C20H22N2O5. The largest absolute Gasteiger partial charge is 0.497 e. The van der Waals surface area contributed by atoms with E-state index >= 15 is 0 Å². The van der Waals surface area contributed by atoms with E-state index in [2.05, 4.69) is 0 Å². The summed E-state index contributed by atoms with van der Waals surface area (Å²) in [6.07, 6.45) is 1.83. The number of nitro benzene ring substituents is 1. The number of rotatable bonds is 6. The molecular weight excluding hydrogens is 348 g/mol. The summed E-state index contributed by atoms with van der Waals surface area (Å²) in [7, 11) is 1.62. The molecule has 1 atom stereocenters. The Morgan fingerprint density at radius 3 is 2.67 bits per heavy atom. The van der Waals surface area contributed by atoms with Gasteiger partial charge < -0.3 is 14.4 Å². The molecule has 1 fully saturated rings. The first kappa shape index (κ1) is 18.7. The van der Waals surface area contributed by atoms with E-state index in [-0.39, 0.29) is 24.2 Å². The first-order valence-corrected chi connectivity index (χ1v) is 8.81. The van der Waals surface area contributed by atoms with Crippen molar-refractivity contribution < 1.29 is 19.2 Å². The number of nitro groups is 1. The van der Waals surface area contributed by atoms with Gasteiger partial charge in [-0.15, -0.1) is 0 Å². The van der Waals surface area contributed by atoms with E-state index in [1.54, 1.807) is 26.2 Å². The fourth-order valence-corrected chi connectivity index (χ4v) is 3.42. The third-order valence-corrected chi connectivity index (χ3v) is 4.88. The van der Waals surface area contributed by atoms with Crippen LogP contribution in [0.15, 0.2) is 42.5 Å². The van der Waals surface area contributed by atoms with Gasteiger partial charge in [0.15, 0.2) is 6.61 Å². The molecule has 3 rings (SSSR count). The highest BCUT2D eigenvalue weighted by atomic mass is 16.6. The minimum atomic E-state index is -0.454. The number of methoxy groups -OCH3 is 1. The van der Waals surface area contributed by atoms with Crippen LogP contribution in [0.1, 0.15) is 30.0 Å². The summed E-state index contributed by atoms with van der Waals surface area (Å²) in [6.45, 7) is 2.15. The molecule has 1 saturated heterocycles. The maximum atomic E-state index is 12.7. The van der Waals surface area contributed by atoms with Crippen LogP contribution in [0.3, 0.4) is 0 Å². The van der Waals surface area contributed by atoms with Crippen LogP contribution in [-0.4, -0.2) is 36.0 Å². The Morgan fingerprint density at radius 1 is 1.26 bits per heavy atom. The van der Waals surface area contributed by atoms with Gasteiger partial charge in [-0.1, -0.05) is 18.2 Å². The van der Waals surface area contributed by atoms with Crippen molar-refractivity contribution in [3.05, 3.63) is 63.7 Å². The highest BCUT2D eigenvalue weighted by molar-refractivity contribution is 5.78. The van der Waals surface area contributed by atoms with Crippen molar-refractivity contribution in [2.24, 2.45) is 0 Å². The van der Waals surface area contributed by atoms with Gasteiger partial charge in [0.05, 0.1) is 23.6 Å². The van der Waals surface area contributed by atoms with Crippen LogP contribution in [0, 0.1) is 17.0 Å². The zero-order chi connectivity index (χ0) is 19.4. The van der Waals surface area contributed by atoms with Crippen LogP contribution in [0.25, 0.3) is 0 Å². The van der Waals surface area contributed by atoms with Gasteiger partial charge in [0.1, 0.15) is 11.5 Å². The van der Waals surface area contributed by atoms with Crippen molar-refractivity contribution in [2.75, 3.05) is 20.3 Å². The minimum Gasteiger partial charge on any atom is -0.497 e. The molecule has 1 aliphatic rings. The quantitative estimate of drug-likeness (QED) is 0.572. The lowest BCUT2D eigenvalue weighted by Gasteiger charge is -2.25. The summed E-state index contributed by atoms with van der Waals surface area (Å²) in [6, 6.07) is 12.4. The summed E-state index contributed by atoms with van der Waals surface area (Å²) in [4.78, 5) is 25.1. The maximum Gasteiger partial charge on any atom is 0.276 e. The predicted molar refractivity (Wildman–Crippen MR) is 100 cm³/mol. The molecule has 1 aliphatic heterocycles. The van der Waals surface area contributed by atoms with Crippen LogP contribution in [-0.2, 0) is 4.79 Å². The third-order valence-electron chi connectivity index (χ3n) is 4.88. The van der Waals surface area contributed by atoms with Gasteiger partial charge in [-0.3, -0.25) is 14.9 Å². The number of hydrogen-bond acceptors (Lipinski definition) is 5. The molecule has 0 radical (unpaired) electrons. The minimum absolute atomic E-state index is 0.0122. The molecule has 2 aromatic rings. The Hall–Kier alpha value is -3.09. The first-order chi connectivity index (χ1) is 13.0. The lowest BCUT2D eigenvalue weighted by molar-refractivity contribution is -0.385. The second-order valence-corrected chi connectivity index (χ2v) is 6.46. The fourth-order valence-electron chi connectivity index (χ4n) is 3.42. The van der Waals surface area contributed by atoms with Crippen LogP contribution in [0.2, 0.25) is 0 Å². The zero-order valence-corrected chi connectivity index (χ0v) is 15.4. The van der Waals surface area contributed by atoms with Crippen molar-refractivity contribution in [1.29, 1.82) is 0 Å². The molecule has 27 heavy (non-hydrogen) atoms. The Kier molecular flexibility index (Phi) is 5.59. The number of hydrogen-bond donors (Lipinski definition) is 0. The van der Waals surface area contributed by atoms with E-state index in [0.29, 0.717) is 17.9 Å². The van der Waals surface area contributed by atoms with E-state index in [1.165, 1.54) is 6.07 Å². The Balaban J connectivity index is 1.68. The summed E-state index contributed by atoms with van der Waals surface area (Å²) in [5.74, 6) is 1.01. The predicted octanol–water partition coefficient (Wildman–Crippen LogP) is 3.65. The van der Waals surface area contributed by atoms with Gasteiger partial charge in [0.25, 0.3) is 11.6 Å². The molecule has 0 bridgehead atoms. The molecule has 0 N–H and O–H groups in total. The van der Waals surface area contributed by atoms with Gasteiger partial charge in [-0.25, -0.2) is 0 Å². The van der Waals surface area contributed by atoms with Gasteiger partial charge in [-0.2, -0.15) is 0 Å². The van der Waals surface area contributed by atoms with Crippen molar-refractivity contribution in [2.45, 2.75) is 25.8 Å². The first-order valence-electron chi connectivity index (χ1n) is 8.81. The Bertz CT molecular complexity index is 835. The molecule has 1 unspecified atom stereocenters. The molecule has 0 saturated carbocycles. The Morgan fingerprint density at radius 2 is 2.00 bits per heavy atom. The normalized spacial score (nSPS) is 16.2. The number of nitrogens with zero attached hydrogens (tertiary/aromatic N) is 2. The highest BCUT2D eigenvalue weighted by Crippen LogP contribution is 2.33. The van der Waals surface area contributed by atoms with Gasteiger partial charge >= 0.3 is 0 Å². The number of carbonyl (C=O) groups is 1. The second kappa shape index (κ2) is 8.07. The van der Waals surface area contributed by atoms with Crippen molar-refractivity contribution >= 4 is 11.6 Å². The van der Waals surface area contributed by atoms with E-state index in [9.17, 15) is 14.9 Å². The van der Waals surface area contributed by atoms with Gasteiger partial charge in [-0.05, 0) is 43.5 Å². The number of amides is 1. The lowest BCUT2D eigenvalue weighted by atomic mass is 10.0. The number of carbonyl (C=O) groups excluding carboxylic acids is 1. The topological polar surface area (TPSA) is 81.9 Å². The molecule has 0 aliphatic carbocycles. The third kappa shape index (κ3) is 4.02. The van der Waals surface area contributed by atoms with Crippen molar-refractivity contribution in [1.82, 2.24) is 4.90 Å². The maximum absolute atomic E-state index is 12.7. The van der Waals surface area contributed by atoms with Crippen molar-refractivity contribution in [3.8, 4) is 11.5 Å². The van der Waals surface area contributed by atoms with E-state index in [0.717, 1.165) is 24.2 Å². The number of benzene rings is 2. The average molecular weight is 370 g/mol. The van der Waals surface area contributed by atoms with Crippen LogP contribution < -0.4 is 9.47 Å². The van der Waals surface area contributed by atoms with Crippen molar-refractivity contribution in [3.63, 3.8) is 0 Å². The number of ether oxygens (including phenoxy) is 2. The van der Waals surface area contributed by atoms with Crippen LogP contribution >= 0.6 is 0 Å². The summed E-state index contributed by atoms with van der Waals surface area (Å²) < 4.78 is 10.8. The van der Waals surface area contributed by atoms with Gasteiger partial charge in [0, 0.05) is 12.6 Å². The van der Waals surface area contributed by atoms with Gasteiger partial charge in [0.2, 0.25) is 0 Å². The SMILES string of the molecule is COc1ccc(C2CCCN2C(=O)COc2cccc([N+](=O)[O-])c2C)cc1. The highest BCUT2D eigenvalue weighted by Gasteiger charge is 2.30. The molecule has 7 heteroatoms. The molecule has 2 aromatic carbocycles. The molecule has 0 spiro atoms. The molecule has 142 valence electrons. The zero-order valence-electron chi connectivity index (χ0n) is 15.4. The molecule has 1 amide bonds. The molecule has 0 aromatic heterocycles. The summed E-state index contributed by atoms with van der Waals surface area (Å²) in [5, 5.41) is 11.0. The molecule has 1 heterocycles. The smallest absolute Gasteiger partial charge is 0.276 e. The van der Waals surface area contributed by atoms with Crippen LogP contribution in [0.5, 0.6) is 11.5 Å². The monoisotopic (exact) mass is 370 g/mol. The summed E-state index contributed by atoms with van der Waals surface area (Å²) >= 11 is 0. The Labute approximate surface area is 157 Å². The standard InChI is InChI=1S/C20H22N2O5/c1-14-17(22(24)25)5-3-7-19(14)27-13-20(23)21-12-4-6-18(21)15-8-10-16(26-2)11-9-15/h3,5,7-11,18H,4,6,12-13H2,1-2H3. The fraction of sp³-hybridized carbons (Fsp3) is 0.350. The van der Waals surface area contributed by atoms with Crippen LogP contribution in [0.4, 0.5) is 5.69 Å². The lowest BCUT2D eigenvalue weighted by Crippen LogP contribution is -2.34. The number of likely N-dealkylation sites (tertiary alicyclic amines) is 1. The second-order valence-electron chi connectivity index (χ2n) is 6.46. The average Bonchev–Trinajstić information content (AvgIpc) is 3.16. The van der Waals surface area contributed by atoms with E-state index in [1.807, 2.05) is 29.2 Å². The van der Waals surface area contributed by atoms with E-state index < -0.39 is 4.92 Å². The van der Waals surface area contributed by atoms with E-state index in [4.69, 9.17) is 9.47 Å². The summed E-state index contributed by atoms with van der Waals surface area (Å²) in [5.41, 5.74) is 1.47.